The van der Waals surface area contributed by atoms with Crippen molar-refractivity contribution in [1.29, 1.82) is 0 Å². The minimum absolute atomic E-state index is 0.811. The van der Waals surface area contributed by atoms with Crippen LogP contribution in [0.25, 0.3) is 99.3 Å². The Balaban J connectivity index is 1.22. The summed E-state index contributed by atoms with van der Waals surface area (Å²) >= 11 is 0. The van der Waals surface area contributed by atoms with Gasteiger partial charge in [-0.15, -0.1) is 0 Å². The van der Waals surface area contributed by atoms with Gasteiger partial charge >= 0.3 is 0 Å². The molecule has 0 aliphatic heterocycles. The van der Waals surface area contributed by atoms with Crippen molar-refractivity contribution < 1.29 is 0 Å². The van der Waals surface area contributed by atoms with Crippen LogP contribution < -0.4 is 0 Å². The van der Waals surface area contributed by atoms with Gasteiger partial charge in [-0.3, -0.25) is 4.57 Å². The summed E-state index contributed by atoms with van der Waals surface area (Å²) in [5.74, 6) is 0.811. The summed E-state index contributed by atoms with van der Waals surface area (Å²) in [5, 5.41) is 7.30. The third kappa shape index (κ3) is 4.28. The largest absolute Gasteiger partial charge is 0.309 e. The number of hydrogen-bond donors (Lipinski definition) is 0. The molecule has 0 radical (unpaired) electrons. The van der Waals surface area contributed by atoms with Gasteiger partial charge in [0.15, 0.2) is 5.82 Å². The van der Waals surface area contributed by atoms with E-state index in [9.17, 15) is 0 Å². The summed E-state index contributed by atoms with van der Waals surface area (Å²) in [7, 11) is 0. The minimum atomic E-state index is 0.811. The van der Waals surface area contributed by atoms with Crippen molar-refractivity contribution in [2.45, 2.75) is 0 Å². The third-order valence-electron chi connectivity index (χ3n) is 10.5. The van der Waals surface area contributed by atoms with Crippen LogP contribution in [-0.2, 0) is 0 Å². The van der Waals surface area contributed by atoms with Crippen molar-refractivity contribution in [3.63, 3.8) is 0 Å². The number of benzene rings is 8. The molecule has 4 heteroatoms. The molecule has 0 saturated heterocycles. The predicted molar refractivity (Wildman–Crippen MR) is 217 cm³/mol. The molecule has 0 spiro atoms. The molecule has 0 fully saturated rings. The van der Waals surface area contributed by atoms with E-state index in [1.807, 2.05) is 18.2 Å². The smallest absolute Gasteiger partial charge is 0.165 e. The molecule has 3 aromatic heterocycles. The first-order valence-corrected chi connectivity index (χ1v) is 17.7. The molecular formula is C48H30N4. The zero-order valence-corrected chi connectivity index (χ0v) is 28.1. The number of rotatable bonds is 4. The number of hydrogen-bond acceptors (Lipinski definition) is 2. The van der Waals surface area contributed by atoms with Gasteiger partial charge in [-0.25, -0.2) is 9.97 Å². The Morgan fingerprint density at radius 3 is 1.65 bits per heavy atom. The van der Waals surface area contributed by atoms with Gasteiger partial charge in [0, 0.05) is 32.8 Å². The summed E-state index contributed by atoms with van der Waals surface area (Å²) in [4.78, 5) is 10.7. The molecule has 0 bridgehead atoms. The predicted octanol–water partition coefficient (Wildman–Crippen LogP) is 12.3. The van der Waals surface area contributed by atoms with Gasteiger partial charge in [-0.2, -0.15) is 0 Å². The molecule has 3 heterocycles. The molecule has 8 aromatic carbocycles. The standard InChI is InChI=1S/C48H30N4/c1-2-12-31(13-3-1)32-22-24-34(25-23-32)47-48(50-41-19-9-8-18-40(41)49-47)52-44-29-27-35(30-39(44)46-36-15-5-4-14-33(36)26-28-45(46)52)51-42-20-10-6-16-37(42)38-17-7-11-21-43(38)51/h1-30H. The number of nitrogens with zero attached hydrogens (tertiary/aromatic N) is 4. The molecule has 0 aliphatic rings. The van der Waals surface area contributed by atoms with Crippen molar-refractivity contribution in [2.24, 2.45) is 0 Å². The monoisotopic (exact) mass is 662 g/mol. The summed E-state index contributed by atoms with van der Waals surface area (Å²) in [6, 6.07) is 64.8. The maximum Gasteiger partial charge on any atom is 0.165 e. The minimum Gasteiger partial charge on any atom is -0.309 e. The third-order valence-corrected chi connectivity index (χ3v) is 10.5. The van der Waals surface area contributed by atoms with Crippen LogP contribution in [-0.4, -0.2) is 19.1 Å². The first-order valence-electron chi connectivity index (χ1n) is 17.7. The SMILES string of the molecule is c1ccc(-c2ccc(-c3nc4ccccc4nc3-n3c4ccc(-n5c6ccccc6c6ccccc65)cc4c4c5ccccc5ccc43)cc2)cc1. The molecular weight excluding hydrogens is 633 g/mol. The van der Waals surface area contributed by atoms with Crippen molar-refractivity contribution in [1.82, 2.24) is 19.1 Å². The number of fused-ring (bicyclic) bond motifs is 9. The Hall–Kier alpha value is -7.04. The molecule has 52 heavy (non-hydrogen) atoms. The highest BCUT2D eigenvalue weighted by molar-refractivity contribution is 6.22. The maximum absolute atomic E-state index is 5.40. The van der Waals surface area contributed by atoms with Crippen LogP contribution >= 0.6 is 0 Å². The lowest BCUT2D eigenvalue weighted by atomic mass is 10.0. The fraction of sp³-hybridized carbons (Fsp3) is 0. The van der Waals surface area contributed by atoms with Crippen molar-refractivity contribution >= 4 is 65.4 Å². The topological polar surface area (TPSA) is 35.6 Å². The highest BCUT2D eigenvalue weighted by Crippen LogP contribution is 2.41. The summed E-state index contributed by atoms with van der Waals surface area (Å²) in [6.07, 6.45) is 0. The van der Waals surface area contributed by atoms with Crippen LogP contribution in [0, 0.1) is 0 Å². The molecule has 4 nitrogen and oxygen atoms in total. The van der Waals surface area contributed by atoms with Gasteiger partial charge in [-0.1, -0.05) is 133 Å². The molecule has 0 N–H and O–H groups in total. The van der Waals surface area contributed by atoms with E-state index in [0.717, 1.165) is 44.8 Å². The molecule has 0 amide bonds. The van der Waals surface area contributed by atoms with Gasteiger partial charge in [0.05, 0.1) is 33.1 Å². The Labute approximate surface area is 299 Å². The summed E-state index contributed by atoms with van der Waals surface area (Å²) < 4.78 is 4.72. The zero-order valence-electron chi connectivity index (χ0n) is 28.1. The Morgan fingerprint density at radius 2 is 0.904 bits per heavy atom. The van der Waals surface area contributed by atoms with Gasteiger partial charge < -0.3 is 4.57 Å². The van der Waals surface area contributed by atoms with Crippen LogP contribution in [0.4, 0.5) is 0 Å². The first kappa shape index (κ1) is 28.8. The first-order chi connectivity index (χ1) is 25.8. The van der Waals surface area contributed by atoms with E-state index >= 15 is 0 Å². The van der Waals surface area contributed by atoms with Gasteiger partial charge in [-0.05, 0) is 70.4 Å². The van der Waals surface area contributed by atoms with E-state index in [2.05, 4.69) is 173 Å². The van der Waals surface area contributed by atoms with Crippen LogP contribution in [0.3, 0.4) is 0 Å². The van der Waals surface area contributed by atoms with Gasteiger partial charge in [0.2, 0.25) is 0 Å². The molecule has 0 saturated carbocycles. The average Bonchev–Trinajstić information content (AvgIpc) is 3.73. The van der Waals surface area contributed by atoms with E-state index < -0.39 is 0 Å². The van der Waals surface area contributed by atoms with Gasteiger partial charge in [0.25, 0.3) is 0 Å². The molecule has 11 aromatic rings. The van der Waals surface area contributed by atoms with E-state index in [4.69, 9.17) is 9.97 Å². The lowest BCUT2D eigenvalue weighted by Crippen LogP contribution is -2.04. The lowest BCUT2D eigenvalue weighted by Gasteiger charge is -2.14. The van der Waals surface area contributed by atoms with Gasteiger partial charge in [0.1, 0.15) is 5.69 Å². The average molecular weight is 663 g/mol. The molecule has 11 rings (SSSR count). The molecule has 0 aliphatic carbocycles. The second kappa shape index (κ2) is 11.2. The molecule has 0 unspecified atom stereocenters. The van der Waals surface area contributed by atoms with Crippen LogP contribution in [0.1, 0.15) is 0 Å². The Bertz CT molecular complexity index is 3120. The van der Waals surface area contributed by atoms with E-state index in [1.54, 1.807) is 0 Å². The maximum atomic E-state index is 5.40. The van der Waals surface area contributed by atoms with E-state index in [0.29, 0.717) is 0 Å². The second-order valence-electron chi connectivity index (χ2n) is 13.4. The summed E-state index contributed by atoms with van der Waals surface area (Å²) in [6.45, 7) is 0. The number of aromatic nitrogens is 4. The highest BCUT2D eigenvalue weighted by Gasteiger charge is 2.22. The zero-order chi connectivity index (χ0) is 34.2. The second-order valence-corrected chi connectivity index (χ2v) is 13.4. The molecule has 0 atom stereocenters. The van der Waals surface area contributed by atoms with Crippen LogP contribution in [0.5, 0.6) is 0 Å². The Morgan fingerprint density at radius 1 is 0.346 bits per heavy atom. The fourth-order valence-corrected chi connectivity index (χ4v) is 8.14. The van der Waals surface area contributed by atoms with Crippen molar-refractivity contribution in [2.75, 3.05) is 0 Å². The summed E-state index contributed by atoms with van der Waals surface area (Å²) in [5.41, 5.74) is 11.6. The normalized spacial score (nSPS) is 11.8. The Kier molecular flexibility index (Phi) is 6.22. The van der Waals surface area contributed by atoms with Crippen molar-refractivity contribution in [3.8, 4) is 33.9 Å². The van der Waals surface area contributed by atoms with E-state index in [1.165, 1.54) is 54.5 Å². The quantitative estimate of drug-likeness (QED) is 0.188. The highest BCUT2D eigenvalue weighted by atomic mass is 15.1. The lowest BCUT2D eigenvalue weighted by molar-refractivity contribution is 1.08. The van der Waals surface area contributed by atoms with Crippen LogP contribution in [0.15, 0.2) is 182 Å². The molecule has 242 valence electrons. The fourth-order valence-electron chi connectivity index (χ4n) is 8.14. The number of para-hydroxylation sites is 4. The van der Waals surface area contributed by atoms with E-state index in [-0.39, 0.29) is 0 Å². The van der Waals surface area contributed by atoms with Crippen LogP contribution in [0.2, 0.25) is 0 Å². The van der Waals surface area contributed by atoms with Crippen molar-refractivity contribution in [3.05, 3.63) is 182 Å².